The van der Waals surface area contributed by atoms with Crippen molar-refractivity contribution in [3.8, 4) is 0 Å². The van der Waals surface area contributed by atoms with Crippen LogP contribution in [0.2, 0.25) is 0 Å². The molecule has 1 N–H and O–H groups in total. The molecule has 3 aromatic carbocycles. The van der Waals surface area contributed by atoms with Gasteiger partial charge in [-0.15, -0.1) is 0 Å². The van der Waals surface area contributed by atoms with Crippen molar-refractivity contribution < 1.29 is 14.3 Å². The molecule has 1 aliphatic heterocycles. The number of nitrogens with one attached hydrogen (secondary N) is 1. The highest BCUT2D eigenvalue weighted by molar-refractivity contribution is 6.12. The van der Waals surface area contributed by atoms with Crippen LogP contribution in [0.25, 0.3) is 0 Å². The summed E-state index contributed by atoms with van der Waals surface area (Å²) < 4.78 is 4.80. The maximum atomic E-state index is 13.5. The van der Waals surface area contributed by atoms with Crippen LogP contribution in [0.4, 0.5) is 11.4 Å². The molecule has 1 aliphatic rings. The first kappa shape index (κ1) is 20.7. The number of carbonyl (C=O) groups excluding carboxylic acids is 2. The van der Waals surface area contributed by atoms with Gasteiger partial charge in [0, 0.05) is 11.4 Å². The summed E-state index contributed by atoms with van der Waals surface area (Å²) in [6.07, 6.45) is 0.662. The van der Waals surface area contributed by atoms with Crippen LogP contribution in [-0.2, 0) is 4.74 Å². The van der Waals surface area contributed by atoms with E-state index in [2.05, 4.69) is 31.3 Å². The highest BCUT2D eigenvalue weighted by Gasteiger charge is 2.34. The third-order valence-corrected chi connectivity index (χ3v) is 5.93. The SMILES string of the molecule is CC[C@@H](C)c1ccc(N2C(=O)c3ccccc3N[C@@H]2c2ccc(C(=O)OC)cc2)cc1. The van der Waals surface area contributed by atoms with Gasteiger partial charge >= 0.3 is 5.97 Å². The Morgan fingerprint density at radius 2 is 1.71 bits per heavy atom. The van der Waals surface area contributed by atoms with Crippen LogP contribution in [0, 0.1) is 0 Å². The Bertz CT molecular complexity index is 1090. The number of para-hydroxylation sites is 1. The highest BCUT2D eigenvalue weighted by Crippen LogP contribution is 2.37. The van der Waals surface area contributed by atoms with E-state index < -0.39 is 6.17 Å². The molecule has 2 atom stereocenters. The predicted molar refractivity (Wildman–Crippen MR) is 123 cm³/mol. The van der Waals surface area contributed by atoms with Gasteiger partial charge in [-0.1, -0.05) is 50.2 Å². The molecule has 0 fully saturated rings. The topological polar surface area (TPSA) is 58.6 Å². The molecule has 0 saturated carbocycles. The average molecular weight is 415 g/mol. The fraction of sp³-hybridized carbons (Fsp3) is 0.231. The first-order valence-electron chi connectivity index (χ1n) is 10.5. The maximum absolute atomic E-state index is 13.5. The van der Waals surface area contributed by atoms with Crippen LogP contribution < -0.4 is 10.2 Å². The maximum Gasteiger partial charge on any atom is 0.337 e. The zero-order valence-corrected chi connectivity index (χ0v) is 18.0. The zero-order valence-electron chi connectivity index (χ0n) is 18.0. The molecule has 1 heterocycles. The number of nitrogens with zero attached hydrogens (tertiary/aromatic N) is 1. The molecule has 5 heteroatoms. The van der Waals surface area contributed by atoms with E-state index >= 15 is 0 Å². The Balaban J connectivity index is 1.76. The Morgan fingerprint density at radius 1 is 1.03 bits per heavy atom. The number of fused-ring (bicyclic) bond motifs is 1. The third kappa shape index (κ3) is 3.91. The van der Waals surface area contributed by atoms with Gasteiger partial charge in [0.15, 0.2) is 0 Å². The van der Waals surface area contributed by atoms with Crippen LogP contribution in [0.1, 0.15) is 64.2 Å². The summed E-state index contributed by atoms with van der Waals surface area (Å²) >= 11 is 0. The van der Waals surface area contributed by atoms with Crippen LogP contribution in [0.3, 0.4) is 0 Å². The van der Waals surface area contributed by atoms with Gasteiger partial charge in [0.2, 0.25) is 0 Å². The number of esters is 1. The van der Waals surface area contributed by atoms with Gasteiger partial charge in [-0.25, -0.2) is 4.79 Å². The number of carbonyl (C=O) groups is 2. The Kier molecular flexibility index (Phi) is 5.76. The van der Waals surface area contributed by atoms with Gasteiger partial charge < -0.3 is 10.1 Å². The van der Waals surface area contributed by atoms with Crippen molar-refractivity contribution in [2.75, 3.05) is 17.3 Å². The summed E-state index contributed by atoms with van der Waals surface area (Å²) in [6.45, 7) is 4.37. The lowest BCUT2D eigenvalue weighted by molar-refractivity contribution is 0.0600. The number of benzene rings is 3. The summed E-state index contributed by atoms with van der Waals surface area (Å²) in [7, 11) is 1.36. The normalized spacial score (nSPS) is 16.3. The molecule has 0 aliphatic carbocycles. The lowest BCUT2D eigenvalue weighted by atomic mass is 9.97. The molecular formula is C26H26N2O3. The molecule has 0 radical (unpaired) electrons. The minimum atomic E-state index is -0.399. The molecule has 0 spiro atoms. The fourth-order valence-corrected chi connectivity index (χ4v) is 3.87. The Hall–Kier alpha value is -3.60. The van der Waals surface area contributed by atoms with E-state index in [4.69, 9.17) is 4.74 Å². The summed E-state index contributed by atoms with van der Waals surface area (Å²) in [5.74, 6) is 0.0152. The van der Waals surface area contributed by atoms with Crippen LogP contribution in [0.5, 0.6) is 0 Å². The first-order chi connectivity index (χ1) is 15.0. The van der Waals surface area contributed by atoms with E-state index in [1.807, 2.05) is 48.5 Å². The van der Waals surface area contributed by atoms with Crippen LogP contribution in [0.15, 0.2) is 72.8 Å². The van der Waals surface area contributed by atoms with Gasteiger partial charge in [0.05, 0.1) is 18.2 Å². The second-order valence-electron chi connectivity index (χ2n) is 7.78. The van der Waals surface area contributed by atoms with Gasteiger partial charge in [-0.3, -0.25) is 9.69 Å². The number of methoxy groups -OCH3 is 1. The predicted octanol–water partition coefficient (Wildman–Crippen LogP) is 5.76. The Morgan fingerprint density at radius 3 is 2.35 bits per heavy atom. The van der Waals surface area contributed by atoms with Crippen LogP contribution in [-0.4, -0.2) is 19.0 Å². The molecule has 4 rings (SSSR count). The van der Waals surface area contributed by atoms with Crippen molar-refractivity contribution in [2.24, 2.45) is 0 Å². The number of amides is 1. The summed E-state index contributed by atoms with van der Waals surface area (Å²) in [6, 6.07) is 22.9. The monoisotopic (exact) mass is 414 g/mol. The second-order valence-corrected chi connectivity index (χ2v) is 7.78. The number of hydrogen-bond donors (Lipinski definition) is 1. The molecule has 0 unspecified atom stereocenters. The zero-order chi connectivity index (χ0) is 22.0. The smallest absolute Gasteiger partial charge is 0.337 e. The van der Waals surface area contributed by atoms with Gasteiger partial charge in [0.25, 0.3) is 5.91 Å². The van der Waals surface area contributed by atoms with Crippen molar-refractivity contribution in [3.05, 3.63) is 95.1 Å². The lowest BCUT2D eigenvalue weighted by Gasteiger charge is -2.38. The number of ether oxygens (including phenoxy) is 1. The number of hydrogen-bond acceptors (Lipinski definition) is 4. The molecule has 0 bridgehead atoms. The van der Waals surface area contributed by atoms with E-state index in [0.717, 1.165) is 23.4 Å². The van der Waals surface area contributed by atoms with E-state index in [9.17, 15) is 9.59 Å². The van der Waals surface area contributed by atoms with Gasteiger partial charge in [-0.05, 0) is 59.9 Å². The van der Waals surface area contributed by atoms with Crippen LogP contribution >= 0.6 is 0 Å². The molecular weight excluding hydrogens is 388 g/mol. The van der Waals surface area contributed by atoms with E-state index in [-0.39, 0.29) is 11.9 Å². The third-order valence-electron chi connectivity index (χ3n) is 5.93. The first-order valence-corrected chi connectivity index (χ1v) is 10.5. The average Bonchev–Trinajstić information content (AvgIpc) is 2.83. The minimum absolute atomic E-state index is 0.0623. The Labute approximate surface area is 182 Å². The highest BCUT2D eigenvalue weighted by atomic mass is 16.5. The number of rotatable bonds is 5. The molecule has 0 aromatic heterocycles. The minimum Gasteiger partial charge on any atom is -0.465 e. The molecule has 5 nitrogen and oxygen atoms in total. The largest absolute Gasteiger partial charge is 0.465 e. The molecule has 1 amide bonds. The lowest BCUT2D eigenvalue weighted by Crippen LogP contribution is -2.43. The second kappa shape index (κ2) is 8.64. The van der Waals surface area contributed by atoms with Crippen molar-refractivity contribution in [1.82, 2.24) is 0 Å². The van der Waals surface area contributed by atoms with Crippen molar-refractivity contribution in [2.45, 2.75) is 32.4 Å². The summed E-state index contributed by atoms with van der Waals surface area (Å²) in [4.78, 5) is 27.1. The van der Waals surface area contributed by atoms with Gasteiger partial charge in [-0.2, -0.15) is 0 Å². The van der Waals surface area contributed by atoms with E-state index in [0.29, 0.717) is 17.0 Å². The summed E-state index contributed by atoms with van der Waals surface area (Å²) in [5.41, 5.74) is 4.85. The quantitative estimate of drug-likeness (QED) is 0.540. The van der Waals surface area contributed by atoms with E-state index in [1.54, 1.807) is 17.0 Å². The molecule has 31 heavy (non-hydrogen) atoms. The molecule has 3 aromatic rings. The van der Waals surface area contributed by atoms with E-state index in [1.165, 1.54) is 12.7 Å². The fourth-order valence-electron chi connectivity index (χ4n) is 3.87. The number of anilines is 2. The van der Waals surface area contributed by atoms with Crippen molar-refractivity contribution in [3.63, 3.8) is 0 Å². The standard InChI is InChI=1S/C26H26N2O3/c1-4-17(2)18-13-15-21(16-14-18)28-24(19-9-11-20(12-10-19)26(30)31-3)27-23-8-6-5-7-22(23)25(28)29/h5-17,24,27H,4H2,1-3H3/t17-,24+/m1/s1. The summed E-state index contributed by atoms with van der Waals surface area (Å²) in [5, 5.41) is 3.49. The van der Waals surface area contributed by atoms with Gasteiger partial charge in [0.1, 0.15) is 6.17 Å². The van der Waals surface area contributed by atoms with Crippen molar-refractivity contribution in [1.29, 1.82) is 0 Å². The molecule has 158 valence electrons. The van der Waals surface area contributed by atoms with Crippen molar-refractivity contribution >= 4 is 23.3 Å². The molecule has 0 saturated heterocycles.